The average molecular weight is 347 g/mol. The summed E-state index contributed by atoms with van der Waals surface area (Å²) in [6, 6.07) is 1.81. The van der Waals surface area contributed by atoms with Gasteiger partial charge in [-0.15, -0.1) is 0 Å². The van der Waals surface area contributed by atoms with Gasteiger partial charge in [0.15, 0.2) is 0 Å². The molecule has 6 heteroatoms. The van der Waals surface area contributed by atoms with Crippen molar-refractivity contribution >= 4 is 23.8 Å². The number of hydrogen-bond donors (Lipinski definition) is 3. The molecular formula is C19H29N3O3. The molecule has 0 atom stereocenters. The lowest BCUT2D eigenvalue weighted by molar-refractivity contribution is -0.136. The third-order valence-electron chi connectivity index (χ3n) is 4.66. The van der Waals surface area contributed by atoms with Gasteiger partial charge in [0.25, 0.3) is 0 Å². The van der Waals surface area contributed by atoms with E-state index in [-0.39, 0.29) is 6.42 Å². The predicted molar refractivity (Wildman–Crippen MR) is 99.0 cm³/mol. The van der Waals surface area contributed by atoms with Crippen LogP contribution >= 0.6 is 0 Å². The Morgan fingerprint density at radius 1 is 1.32 bits per heavy atom. The fourth-order valence-corrected chi connectivity index (χ4v) is 3.07. The van der Waals surface area contributed by atoms with Crippen molar-refractivity contribution in [2.75, 3.05) is 23.7 Å². The molecule has 1 saturated carbocycles. The van der Waals surface area contributed by atoms with E-state index < -0.39 is 11.4 Å². The van der Waals surface area contributed by atoms with Gasteiger partial charge in [0, 0.05) is 24.1 Å². The van der Waals surface area contributed by atoms with Crippen LogP contribution in [-0.4, -0.2) is 35.4 Å². The van der Waals surface area contributed by atoms with Gasteiger partial charge in [-0.25, -0.2) is 4.98 Å². The lowest BCUT2D eigenvalue weighted by Crippen LogP contribution is -2.24. The Bertz CT molecular complexity index is 596. The molecule has 0 spiro atoms. The number of carboxylic acids is 1. The van der Waals surface area contributed by atoms with Gasteiger partial charge in [-0.3, -0.25) is 4.79 Å². The third kappa shape index (κ3) is 6.36. The predicted octanol–water partition coefficient (Wildman–Crippen LogP) is 3.34. The van der Waals surface area contributed by atoms with Crippen LogP contribution in [-0.2, 0) is 16.0 Å². The summed E-state index contributed by atoms with van der Waals surface area (Å²) < 4.78 is 0. The molecule has 1 aromatic heterocycles. The summed E-state index contributed by atoms with van der Waals surface area (Å²) in [5.41, 5.74) is 0.914. The average Bonchev–Trinajstić information content (AvgIpc) is 2.59. The van der Waals surface area contributed by atoms with Gasteiger partial charge in [-0.05, 0) is 24.8 Å². The molecule has 1 fully saturated rings. The minimum absolute atomic E-state index is 0.0768. The first-order chi connectivity index (χ1) is 11.9. The van der Waals surface area contributed by atoms with E-state index >= 15 is 0 Å². The number of carbonyl (C=O) groups excluding carboxylic acids is 1. The standard InChI is InChI=1S/C19H29N3O3/c1-19(2,13-23)12-22-16-8-15(9-17(24)25)18(21-11-16)20-10-14-6-4-3-5-7-14/h8,11,13-14,22H,3-7,9-10,12H2,1-2H3,(H,20,21)(H,24,25). The number of carbonyl (C=O) groups is 2. The lowest BCUT2D eigenvalue weighted by Gasteiger charge is -2.23. The zero-order chi connectivity index (χ0) is 18.3. The summed E-state index contributed by atoms with van der Waals surface area (Å²) in [6.45, 7) is 5.00. The molecule has 1 aliphatic rings. The number of aldehydes is 1. The number of rotatable bonds is 9. The second-order valence-electron chi connectivity index (χ2n) is 7.65. The molecule has 0 radical (unpaired) electrons. The van der Waals surface area contributed by atoms with Crippen molar-refractivity contribution in [1.82, 2.24) is 4.98 Å². The van der Waals surface area contributed by atoms with E-state index in [0.29, 0.717) is 23.8 Å². The van der Waals surface area contributed by atoms with Crippen molar-refractivity contribution in [3.05, 3.63) is 17.8 Å². The molecule has 1 heterocycles. The molecule has 3 N–H and O–H groups in total. The van der Waals surface area contributed by atoms with Gasteiger partial charge in [0.05, 0.1) is 18.3 Å². The number of pyridine rings is 1. The fourth-order valence-electron chi connectivity index (χ4n) is 3.07. The van der Waals surface area contributed by atoms with Crippen LogP contribution in [0.2, 0.25) is 0 Å². The zero-order valence-corrected chi connectivity index (χ0v) is 15.2. The number of anilines is 2. The molecule has 0 bridgehead atoms. The van der Waals surface area contributed by atoms with Gasteiger partial charge < -0.3 is 20.5 Å². The Hall–Kier alpha value is -2.11. The molecule has 1 aromatic rings. The smallest absolute Gasteiger partial charge is 0.307 e. The van der Waals surface area contributed by atoms with Crippen molar-refractivity contribution in [2.45, 2.75) is 52.4 Å². The van der Waals surface area contributed by atoms with Gasteiger partial charge in [0.2, 0.25) is 0 Å². The first-order valence-corrected chi connectivity index (χ1v) is 9.04. The molecule has 25 heavy (non-hydrogen) atoms. The highest BCUT2D eigenvalue weighted by atomic mass is 16.4. The topological polar surface area (TPSA) is 91.3 Å². The molecule has 2 rings (SSSR count). The van der Waals surface area contributed by atoms with Gasteiger partial charge >= 0.3 is 5.97 Å². The summed E-state index contributed by atoms with van der Waals surface area (Å²) in [4.78, 5) is 26.6. The molecule has 138 valence electrons. The van der Waals surface area contributed by atoms with Gasteiger partial charge in [-0.1, -0.05) is 33.1 Å². The molecule has 6 nitrogen and oxygen atoms in total. The molecule has 0 amide bonds. The lowest BCUT2D eigenvalue weighted by atomic mass is 9.89. The maximum Gasteiger partial charge on any atom is 0.307 e. The maximum atomic E-state index is 11.2. The Morgan fingerprint density at radius 2 is 2.04 bits per heavy atom. The number of nitrogens with one attached hydrogen (secondary N) is 2. The minimum Gasteiger partial charge on any atom is -0.481 e. The van der Waals surface area contributed by atoms with Crippen LogP contribution in [0.15, 0.2) is 12.3 Å². The summed E-state index contributed by atoms with van der Waals surface area (Å²) in [5, 5.41) is 15.7. The van der Waals surface area contributed by atoms with Crippen molar-refractivity contribution in [3.63, 3.8) is 0 Å². The first-order valence-electron chi connectivity index (χ1n) is 9.04. The highest BCUT2D eigenvalue weighted by Gasteiger charge is 2.18. The fraction of sp³-hybridized carbons (Fsp3) is 0.632. The molecule has 0 saturated heterocycles. The van der Waals surface area contributed by atoms with E-state index in [2.05, 4.69) is 15.6 Å². The Kier molecular flexibility index (Phi) is 6.79. The highest BCUT2D eigenvalue weighted by molar-refractivity contribution is 5.73. The number of carboxylic acid groups (broad SMARTS) is 1. The van der Waals surface area contributed by atoms with Crippen LogP contribution in [0.1, 0.15) is 51.5 Å². The van der Waals surface area contributed by atoms with Crippen LogP contribution in [0.25, 0.3) is 0 Å². The molecule has 1 aliphatic carbocycles. The van der Waals surface area contributed by atoms with Crippen molar-refractivity contribution in [2.24, 2.45) is 11.3 Å². The highest BCUT2D eigenvalue weighted by Crippen LogP contribution is 2.25. The molecule has 0 unspecified atom stereocenters. The van der Waals surface area contributed by atoms with Crippen molar-refractivity contribution in [3.8, 4) is 0 Å². The van der Waals surface area contributed by atoms with Crippen LogP contribution in [0.5, 0.6) is 0 Å². The molecule has 0 aromatic carbocycles. The van der Waals surface area contributed by atoms with E-state index in [1.165, 1.54) is 32.1 Å². The van der Waals surface area contributed by atoms with E-state index in [4.69, 9.17) is 0 Å². The summed E-state index contributed by atoms with van der Waals surface area (Å²) in [5.74, 6) is 0.403. The zero-order valence-electron chi connectivity index (χ0n) is 15.2. The van der Waals surface area contributed by atoms with Crippen LogP contribution in [0.4, 0.5) is 11.5 Å². The van der Waals surface area contributed by atoms with E-state index in [1.807, 2.05) is 19.9 Å². The normalized spacial score (nSPS) is 15.6. The second-order valence-corrected chi connectivity index (χ2v) is 7.65. The van der Waals surface area contributed by atoms with E-state index in [0.717, 1.165) is 18.5 Å². The maximum absolute atomic E-state index is 11.2. The Labute approximate surface area is 149 Å². The molecular weight excluding hydrogens is 318 g/mol. The SMILES string of the molecule is CC(C)(C=O)CNc1cnc(NCC2CCCCC2)c(CC(=O)O)c1. The number of nitrogens with zero attached hydrogens (tertiary/aromatic N) is 1. The minimum atomic E-state index is -0.882. The first kappa shape index (κ1) is 19.2. The van der Waals surface area contributed by atoms with Crippen LogP contribution in [0.3, 0.4) is 0 Å². The Morgan fingerprint density at radius 3 is 2.68 bits per heavy atom. The summed E-state index contributed by atoms with van der Waals surface area (Å²) in [7, 11) is 0. The largest absolute Gasteiger partial charge is 0.481 e. The quantitative estimate of drug-likeness (QED) is 0.594. The van der Waals surface area contributed by atoms with Crippen LogP contribution < -0.4 is 10.6 Å². The van der Waals surface area contributed by atoms with Crippen LogP contribution in [0, 0.1) is 11.3 Å². The van der Waals surface area contributed by atoms with E-state index in [1.54, 1.807) is 6.20 Å². The van der Waals surface area contributed by atoms with Gasteiger partial charge in [-0.2, -0.15) is 0 Å². The second kappa shape index (κ2) is 8.83. The number of hydrogen-bond acceptors (Lipinski definition) is 5. The monoisotopic (exact) mass is 347 g/mol. The summed E-state index contributed by atoms with van der Waals surface area (Å²) in [6.07, 6.45) is 8.84. The van der Waals surface area contributed by atoms with Crippen molar-refractivity contribution in [1.29, 1.82) is 0 Å². The molecule has 0 aliphatic heterocycles. The van der Waals surface area contributed by atoms with E-state index in [9.17, 15) is 14.7 Å². The Balaban J connectivity index is 2.04. The van der Waals surface area contributed by atoms with Crippen molar-refractivity contribution < 1.29 is 14.7 Å². The number of aromatic nitrogens is 1. The number of aliphatic carboxylic acids is 1. The van der Waals surface area contributed by atoms with Gasteiger partial charge in [0.1, 0.15) is 12.1 Å². The summed E-state index contributed by atoms with van der Waals surface area (Å²) >= 11 is 0. The third-order valence-corrected chi connectivity index (χ3v) is 4.66.